The zero-order chi connectivity index (χ0) is 19.0. The van der Waals surface area contributed by atoms with Gasteiger partial charge in [0.1, 0.15) is 11.4 Å². The molecule has 0 radical (unpaired) electrons. The van der Waals surface area contributed by atoms with Crippen LogP contribution >= 0.6 is 0 Å². The zero-order valence-corrected chi connectivity index (χ0v) is 15.1. The molecular formula is C20H22N4O3. The molecule has 0 unspecified atom stereocenters. The summed E-state index contributed by atoms with van der Waals surface area (Å²) < 4.78 is 5.35. The number of carbonyl (C=O) groups excluding carboxylic acids is 2. The molecule has 0 bridgehead atoms. The van der Waals surface area contributed by atoms with Crippen molar-refractivity contribution in [1.29, 1.82) is 0 Å². The second kappa shape index (κ2) is 6.83. The van der Waals surface area contributed by atoms with E-state index >= 15 is 0 Å². The minimum Gasteiger partial charge on any atom is -0.497 e. The van der Waals surface area contributed by atoms with Gasteiger partial charge in [0.15, 0.2) is 0 Å². The van der Waals surface area contributed by atoms with Crippen molar-refractivity contribution in [1.82, 2.24) is 14.9 Å². The number of carbonyl (C=O) groups is 2. The number of rotatable bonds is 4. The summed E-state index contributed by atoms with van der Waals surface area (Å²) in [6, 6.07) is 7.55. The van der Waals surface area contributed by atoms with Crippen molar-refractivity contribution in [3.05, 3.63) is 53.5 Å². The molecule has 1 aromatic carbocycles. The second-order valence-electron chi connectivity index (χ2n) is 6.89. The van der Waals surface area contributed by atoms with Crippen molar-refractivity contribution in [2.75, 3.05) is 20.2 Å². The molecule has 3 heterocycles. The van der Waals surface area contributed by atoms with E-state index in [-0.39, 0.29) is 5.91 Å². The van der Waals surface area contributed by atoms with Crippen LogP contribution in [-0.4, -0.2) is 46.9 Å². The predicted octanol–water partition coefficient (Wildman–Crippen LogP) is 2.62. The van der Waals surface area contributed by atoms with Crippen LogP contribution in [0.3, 0.4) is 0 Å². The first kappa shape index (κ1) is 17.2. The van der Waals surface area contributed by atoms with Gasteiger partial charge in [-0.1, -0.05) is 0 Å². The lowest BCUT2D eigenvalue weighted by Crippen LogP contribution is -2.38. The van der Waals surface area contributed by atoms with Crippen LogP contribution in [0.5, 0.6) is 5.75 Å². The number of nitrogens with one attached hydrogen (secondary N) is 2. The fraction of sp³-hybridized carbons (Fsp3) is 0.300. The Morgan fingerprint density at radius 2 is 1.93 bits per heavy atom. The highest BCUT2D eigenvalue weighted by atomic mass is 16.5. The number of amides is 2. The number of nitrogens with zero attached hydrogens (tertiary/aromatic N) is 1. The summed E-state index contributed by atoms with van der Waals surface area (Å²) >= 11 is 0. The molecule has 0 atom stereocenters. The van der Waals surface area contributed by atoms with Crippen LogP contribution in [-0.2, 0) is 0 Å². The number of likely N-dealkylation sites (tertiary alicyclic amines) is 1. The first-order valence-corrected chi connectivity index (χ1v) is 8.99. The number of aromatic amines is 2. The van der Waals surface area contributed by atoms with Crippen molar-refractivity contribution in [2.45, 2.75) is 18.8 Å². The molecule has 0 saturated carbocycles. The van der Waals surface area contributed by atoms with E-state index in [2.05, 4.69) is 22.2 Å². The van der Waals surface area contributed by atoms with Crippen LogP contribution < -0.4 is 10.5 Å². The van der Waals surface area contributed by atoms with E-state index in [0.717, 1.165) is 24.1 Å². The van der Waals surface area contributed by atoms with E-state index in [4.69, 9.17) is 10.5 Å². The molecule has 1 fully saturated rings. The van der Waals surface area contributed by atoms with Crippen molar-refractivity contribution < 1.29 is 14.3 Å². The summed E-state index contributed by atoms with van der Waals surface area (Å²) in [6.07, 6.45) is 5.32. The van der Waals surface area contributed by atoms with Crippen molar-refractivity contribution in [3.63, 3.8) is 0 Å². The SMILES string of the molecule is COc1ccc2[nH]cc(C3CCN(C(=O)c4cc(C(N)=O)c[nH]4)CC3)c2c1. The minimum atomic E-state index is -0.543. The summed E-state index contributed by atoms with van der Waals surface area (Å²) in [6.45, 7) is 1.34. The van der Waals surface area contributed by atoms with Gasteiger partial charge in [0.2, 0.25) is 5.91 Å². The van der Waals surface area contributed by atoms with Crippen molar-refractivity contribution in [2.24, 2.45) is 5.73 Å². The lowest BCUT2D eigenvalue weighted by Gasteiger charge is -2.31. The van der Waals surface area contributed by atoms with E-state index in [9.17, 15) is 9.59 Å². The van der Waals surface area contributed by atoms with E-state index in [1.54, 1.807) is 7.11 Å². The normalized spacial score (nSPS) is 15.2. The molecule has 7 heteroatoms. The fourth-order valence-corrected chi connectivity index (χ4v) is 3.81. The van der Waals surface area contributed by atoms with Crippen molar-refractivity contribution in [3.8, 4) is 5.75 Å². The summed E-state index contributed by atoms with van der Waals surface area (Å²) in [7, 11) is 1.67. The molecule has 1 aliphatic rings. The number of fused-ring (bicyclic) bond motifs is 1. The number of ether oxygens (including phenoxy) is 1. The number of primary amides is 1. The molecule has 27 heavy (non-hydrogen) atoms. The Morgan fingerprint density at radius 1 is 1.15 bits per heavy atom. The quantitative estimate of drug-likeness (QED) is 0.661. The zero-order valence-electron chi connectivity index (χ0n) is 15.1. The van der Waals surface area contributed by atoms with Crippen molar-refractivity contribution >= 4 is 22.7 Å². The number of aromatic nitrogens is 2. The van der Waals surface area contributed by atoms with Gasteiger partial charge >= 0.3 is 0 Å². The summed E-state index contributed by atoms with van der Waals surface area (Å²) in [5.74, 6) is 0.591. The van der Waals surface area contributed by atoms with Gasteiger partial charge < -0.3 is 25.3 Å². The van der Waals surface area contributed by atoms with Crippen LogP contribution in [0.2, 0.25) is 0 Å². The summed E-state index contributed by atoms with van der Waals surface area (Å²) in [4.78, 5) is 31.8. The van der Waals surface area contributed by atoms with E-state index in [1.807, 2.05) is 17.0 Å². The third-order valence-corrected chi connectivity index (χ3v) is 5.34. The number of methoxy groups -OCH3 is 1. The highest BCUT2D eigenvalue weighted by molar-refractivity contribution is 5.98. The van der Waals surface area contributed by atoms with Crippen LogP contribution in [0.4, 0.5) is 0 Å². The Balaban J connectivity index is 1.47. The number of benzene rings is 1. The molecule has 140 valence electrons. The standard InChI is InChI=1S/C20H22N4O3/c1-27-14-2-3-17-15(9-14)16(11-23-17)12-4-6-24(7-5-12)20(26)18-8-13(10-22-18)19(21)25/h2-3,8-12,22-23H,4-7H2,1H3,(H2,21,25). The van der Waals surface area contributed by atoms with Gasteiger partial charge in [-0.15, -0.1) is 0 Å². The first-order chi connectivity index (χ1) is 13.1. The van der Waals surface area contributed by atoms with Crippen LogP contribution in [0.15, 0.2) is 36.7 Å². The predicted molar refractivity (Wildman–Crippen MR) is 102 cm³/mol. The van der Waals surface area contributed by atoms with Crippen LogP contribution in [0.1, 0.15) is 45.2 Å². The van der Waals surface area contributed by atoms with Crippen LogP contribution in [0, 0.1) is 0 Å². The first-order valence-electron chi connectivity index (χ1n) is 8.99. The lowest BCUT2D eigenvalue weighted by molar-refractivity contribution is 0.0708. The smallest absolute Gasteiger partial charge is 0.270 e. The topological polar surface area (TPSA) is 104 Å². The van der Waals surface area contributed by atoms with Gasteiger partial charge in [-0.25, -0.2) is 0 Å². The Kier molecular flexibility index (Phi) is 4.35. The molecule has 4 N–H and O–H groups in total. The molecule has 4 rings (SSSR count). The molecule has 0 aliphatic carbocycles. The monoisotopic (exact) mass is 366 g/mol. The molecule has 2 amide bonds. The highest BCUT2D eigenvalue weighted by Gasteiger charge is 2.27. The fourth-order valence-electron chi connectivity index (χ4n) is 3.81. The molecule has 1 aliphatic heterocycles. The largest absolute Gasteiger partial charge is 0.497 e. The Labute approximate surface area is 156 Å². The van der Waals surface area contributed by atoms with Gasteiger partial charge in [0, 0.05) is 36.4 Å². The number of hydrogen-bond donors (Lipinski definition) is 3. The third kappa shape index (κ3) is 3.16. The minimum absolute atomic E-state index is 0.0958. The summed E-state index contributed by atoms with van der Waals surface area (Å²) in [5.41, 5.74) is 8.33. The van der Waals surface area contributed by atoms with E-state index < -0.39 is 5.91 Å². The molecular weight excluding hydrogens is 344 g/mol. The lowest BCUT2D eigenvalue weighted by atomic mass is 9.89. The molecule has 7 nitrogen and oxygen atoms in total. The van der Waals surface area contributed by atoms with Crippen LogP contribution in [0.25, 0.3) is 10.9 Å². The van der Waals surface area contributed by atoms with Gasteiger partial charge in [0.05, 0.1) is 12.7 Å². The average Bonchev–Trinajstić information content (AvgIpc) is 3.34. The number of H-pyrrole nitrogens is 2. The maximum atomic E-state index is 12.6. The maximum Gasteiger partial charge on any atom is 0.270 e. The van der Waals surface area contributed by atoms with E-state index in [1.165, 1.54) is 23.2 Å². The number of hydrogen-bond acceptors (Lipinski definition) is 3. The third-order valence-electron chi connectivity index (χ3n) is 5.34. The average molecular weight is 366 g/mol. The summed E-state index contributed by atoms with van der Waals surface area (Å²) in [5, 5.41) is 1.18. The van der Waals surface area contributed by atoms with Gasteiger partial charge in [-0.2, -0.15) is 0 Å². The molecule has 1 saturated heterocycles. The Morgan fingerprint density at radius 3 is 2.59 bits per heavy atom. The maximum absolute atomic E-state index is 12.6. The van der Waals surface area contributed by atoms with Gasteiger partial charge in [0.25, 0.3) is 5.91 Å². The van der Waals surface area contributed by atoms with E-state index in [0.29, 0.717) is 30.3 Å². The number of nitrogens with two attached hydrogens (primary N) is 1. The molecule has 2 aromatic heterocycles. The number of piperidine rings is 1. The Bertz CT molecular complexity index is 996. The molecule has 3 aromatic rings. The highest BCUT2D eigenvalue weighted by Crippen LogP contribution is 2.35. The molecule has 0 spiro atoms. The van der Waals surface area contributed by atoms with Gasteiger partial charge in [-0.05, 0) is 48.6 Å². The Hall–Kier alpha value is -3.22. The van der Waals surface area contributed by atoms with Gasteiger partial charge in [-0.3, -0.25) is 9.59 Å². The second-order valence-corrected chi connectivity index (χ2v) is 6.89.